The smallest absolute Gasteiger partial charge is 0.250 e. The van der Waals surface area contributed by atoms with Crippen molar-refractivity contribution in [2.24, 2.45) is 5.73 Å². The van der Waals surface area contributed by atoms with Crippen molar-refractivity contribution in [2.75, 3.05) is 23.3 Å². The molecule has 1 aromatic heterocycles. The first-order valence-electron chi connectivity index (χ1n) is 7.64. The number of aryl methyl sites for hydroxylation is 1. The Morgan fingerprint density at radius 1 is 1.33 bits per heavy atom. The van der Waals surface area contributed by atoms with Crippen molar-refractivity contribution in [3.8, 4) is 0 Å². The minimum absolute atomic E-state index is 0.0565. The van der Waals surface area contributed by atoms with E-state index in [4.69, 9.17) is 17.3 Å². The maximum atomic E-state index is 12.5. The fraction of sp³-hybridized carbons (Fsp3) is 0.235. The van der Waals surface area contributed by atoms with Crippen LogP contribution in [0.25, 0.3) is 0 Å². The quantitative estimate of drug-likeness (QED) is 0.890. The average molecular weight is 345 g/mol. The van der Waals surface area contributed by atoms with E-state index < -0.39 is 5.91 Å². The minimum atomic E-state index is -0.600. The summed E-state index contributed by atoms with van der Waals surface area (Å²) in [7, 11) is 0. The number of nitrogens with one attached hydrogen (secondary N) is 1. The third-order valence-electron chi connectivity index (χ3n) is 3.94. The van der Waals surface area contributed by atoms with Gasteiger partial charge in [0.05, 0.1) is 17.1 Å². The van der Waals surface area contributed by atoms with E-state index in [0.717, 1.165) is 18.5 Å². The minimum Gasteiger partial charge on any atom is -0.366 e. The molecule has 0 spiro atoms. The number of rotatable bonds is 4. The molecule has 1 aliphatic heterocycles. The molecule has 0 saturated heterocycles. The predicted molar refractivity (Wildman–Crippen MR) is 93.4 cm³/mol. The zero-order valence-corrected chi connectivity index (χ0v) is 13.7. The Kier molecular flexibility index (Phi) is 4.66. The average Bonchev–Trinajstić information content (AvgIpc) is 2.59. The Balaban J connectivity index is 1.70. The van der Waals surface area contributed by atoms with Gasteiger partial charge in [-0.2, -0.15) is 0 Å². The predicted octanol–water partition coefficient (Wildman–Crippen LogP) is 2.23. The first-order chi connectivity index (χ1) is 11.6. The van der Waals surface area contributed by atoms with Gasteiger partial charge < -0.3 is 16.0 Å². The number of hydrogen-bond donors (Lipinski definition) is 2. The zero-order valence-electron chi connectivity index (χ0n) is 13.0. The first kappa shape index (κ1) is 16.3. The van der Waals surface area contributed by atoms with E-state index in [0.29, 0.717) is 12.4 Å². The van der Waals surface area contributed by atoms with Crippen LogP contribution in [0.15, 0.2) is 36.5 Å². The molecule has 0 aliphatic carbocycles. The van der Waals surface area contributed by atoms with Crippen LogP contribution in [0.1, 0.15) is 22.3 Å². The molecule has 0 bridgehead atoms. The maximum Gasteiger partial charge on any atom is 0.250 e. The number of aromatic nitrogens is 1. The summed E-state index contributed by atoms with van der Waals surface area (Å²) >= 11 is 6.07. The van der Waals surface area contributed by atoms with Gasteiger partial charge >= 0.3 is 0 Å². The van der Waals surface area contributed by atoms with E-state index in [1.807, 2.05) is 24.3 Å². The molecule has 0 atom stereocenters. The molecule has 24 heavy (non-hydrogen) atoms. The van der Waals surface area contributed by atoms with Crippen molar-refractivity contribution < 1.29 is 9.59 Å². The van der Waals surface area contributed by atoms with Crippen molar-refractivity contribution in [3.63, 3.8) is 0 Å². The topological polar surface area (TPSA) is 88.3 Å². The van der Waals surface area contributed by atoms with Gasteiger partial charge in [0.1, 0.15) is 5.82 Å². The van der Waals surface area contributed by atoms with Gasteiger partial charge in [0.15, 0.2) is 0 Å². The number of benzene rings is 1. The Bertz CT molecular complexity index is 794. The number of anilines is 2. The number of primary amides is 1. The van der Waals surface area contributed by atoms with E-state index in [2.05, 4.69) is 10.3 Å². The SMILES string of the molecule is NC(=O)c1cnc(NCC(=O)N2CCCc3ccccc32)c(Cl)c1. The molecule has 0 radical (unpaired) electrons. The van der Waals surface area contributed by atoms with E-state index in [1.54, 1.807) is 4.90 Å². The van der Waals surface area contributed by atoms with Gasteiger partial charge in [-0.25, -0.2) is 4.98 Å². The molecular formula is C17H17ClN4O2. The maximum absolute atomic E-state index is 12.5. The largest absolute Gasteiger partial charge is 0.366 e. The molecule has 0 fully saturated rings. The van der Waals surface area contributed by atoms with Crippen molar-refractivity contribution in [2.45, 2.75) is 12.8 Å². The second-order valence-electron chi connectivity index (χ2n) is 5.55. The van der Waals surface area contributed by atoms with Crippen LogP contribution in [0.3, 0.4) is 0 Å². The highest BCUT2D eigenvalue weighted by atomic mass is 35.5. The van der Waals surface area contributed by atoms with Gasteiger partial charge in [0.2, 0.25) is 11.8 Å². The highest BCUT2D eigenvalue weighted by Crippen LogP contribution is 2.27. The third kappa shape index (κ3) is 3.33. The summed E-state index contributed by atoms with van der Waals surface area (Å²) < 4.78 is 0. The molecule has 1 aliphatic rings. The Hall–Kier alpha value is -2.60. The number of amides is 2. The van der Waals surface area contributed by atoms with E-state index in [9.17, 15) is 9.59 Å². The second-order valence-corrected chi connectivity index (χ2v) is 5.96. The van der Waals surface area contributed by atoms with E-state index in [-0.39, 0.29) is 23.0 Å². The number of carbonyl (C=O) groups is 2. The van der Waals surface area contributed by atoms with Gasteiger partial charge in [0, 0.05) is 18.4 Å². The second kappa shape index (κ2) is 6.88. The van der Waals surface area contributed by atoms with Crippen molar-refractivity contribution in [3.05, 3.63) is 52.7 Å². The van der Waals surface area contributed by atoms with Crippen LogP contribution >= 0.6 is 11.6 Å². The number of nitrogens with two attached hydrogens (primary N) is 1. The van der Waals surface area contributed by atoms with Crippen LogP contribution < -0.4 is 16.0 Å². The summed E-state index contributed by atoms with van der Waals surface area (Å²) in [5, 5.41) is 3.17. The van der Waals surface area contributed by atoms with Crippen molar-refractivity contribution >= 4 is 34.9 Å². The van der Waals surface area contributed by atoms with Crippen LogP contribution in [0.2, 0.25) is 5.02 Å². The summed E-state index contributed by atoms with van der Waals surface area (Å²) in [5.41, 5.74) is 7.54. The number of fused-ring (bicyclic) bond motifs is 1. The first-order valence-corrected chi connectivity index (χ1v) is 8.01. The Morgan fingerprint density at radius 3 is 2.88 bits per heavy atom. The lowest BCUT2D eigenvalue weighted by Crippen LogP contribution is -2.39. The summed E-state index contributed by atoms with van der Waals surface area (Å²) in [6, 6.07) is 9.34. The molecule has 0 unspecified atom stereocenters. The highest BCUT2D eigenvalue weighted by Gasteiger charge is 2.22. The number of carbonyl (C=O) groups excluding carboxylic acids is 2. The molecule has 2 amide bonds. The monoisotopic (exact) mass is 344 g/mol. The van der Waals surface area contributed by atoms with Gasteiger partial charge in [-0.05, 0) is 30.5 Å². The van der Waals surface area contributed by atoms with Gasteiger partial charge in [-0.1, -0.05) is 29.8 Å². The summed E-state index contributed by atoms with van der Waals surface area (Å²) in [4.78, 5) is 29.5. The molecular weight excluding hydrogens is 328 g/mol. The molecule has 3 rings (SSSR count). The molecule has 7 heteroatoms. The van der Waals surface area contributed by atoms with Gasteiger partial charge in [-0.3, -0.25) is 9.59 Å². The number of nitrogens with zero attached hydrogens (tertiary/aromatic N) is 2. The van der Waals surface area contributed by atoms with Crippen LogP contribution in [-0.4, -0.2) is 29.9 Å². The third-order valence-corrected chi connectivity index (χ3v) is 4.23. The standard InChI is InChI=1S/C17H17ClN4O2/c18-13-8-12(16(19)24)9-20-17(13)21-10-15(23)22-7-3-5-11-4-1-2-6-14(11)22/h1-2,4,6,8-9H,3,5,7,10H2,(H2,19,24)(H,20,21). The fourth-order valence-electron chi connectivity index (χ4n) is 2.75. The lowest BCUT2D eigenvalue weighted by atomic mass is 10.0. The Labute approximate surface area is 144 Å². The molecule has 2 heterocycles. The molecule has 1 aromatic carbocycles. The van der Waals surface area contributed by atoms with E-state index in [1.165, 1.54) is 17.8 Å². The molecule has 6 nitrogen and oxygen atoms in total. The van der Waals surface area contributed by atoms with Gasteiger partial charge in [0.25, 0.3) is 0 Å². The number of hydrogen-bond acceptors (Lipinski definition) is 4. The lowest BCUT2D eigenvalue weighted by molar-refractivity contribution is -0.117. The van der Waals surface area contributed by atoms with Gasteiger partial charge in [-0.15, -0.1) is 0 Å². The lowest BCUT2D eigenvalue weighted by Gasteiger charge is -2.29. The number of para-hydroxylation sites is 1. The molecule has 0 saturated carbocycles. The van der Waals surface area contributed by atoms with Crippen LogP contribution in [-0.2, 0) is 11.2 Å². The van der Waals surface area contributed by atoms with Crippen molar-refractivity contribution in [1.82, 2.24) is 4.98 Å². The number of halogens is 1. The normalized spacial score (nSPS) is 13.3. The summed E-state index contributed by atoms with van der Waals surface area (Å²) in [6.45, 7) is 0.760. The van der Waals surface area contributed by atoms with Crippen molar-refractivity contribution in [1.29, 1.82) is 0 Å². The van der Waals surface area contributed by atoms with Crippen LogP contribution in [0, 0.1) is 0 Å². The van der Waals surface area contributed by atoms with Crippen LogP contribution in [0.5, 0.6) is 0 Å². The fourth-order valence-corrected chi connectivity index (χ4v) is 2.98. The molecule has 3 N–H and O–H groups in total. The number of pyridine rings is 1. The summed E-state index contributed by atoms with van der Waals surface area (Å²) in [6.07, 6.45) is 3.25. The highest BCUT2D eigenvalue weighted by molar-refractivity contribution is 6.33. The molecule has 2 aromatic rings. The van der Waals surface area contributed by atoms with E-state index >= 15 is 0 Å². The van der Waals surface area contributed by atoms with Crippen LogP contribution in [0.4, 0.5) is 11.5 Å². The Morgan fingerprint density at radius 2 is 2.12 bits per heavy atom. The molecule has 124 valence electrons. The summed E-state index contributed by atoms with van der Waals surface area (Å²) in [5.74, 6) is -0.309. The zero-order chi connectivity index (χ0) is 17.1.